The number of carbonyl (C=O) groups is 1. The number of benzene rings is 1. The summed E-state index contributed by atoms with van der Waals surface area (Å²) >= 11 is 9.17. The fourth-order valence-electron chi connectivity index (χ4n) is 1.24. The maximum absolute atomic E-state index is 11.5. The SMILES string of the molecule is COc1c(Br)cc(Cl)cc1NC(=O)CCNO. The molecule has 1 aromatic carbocycles. The van der Waals surface area contributed by atoms with Gasteiger partial charge in [-0.15, -0.1) is 0 Å². The van der Waals surface area contributed by atoms with Crippen LogP contribution in [0.1, 0.15) is 6.42 Å². The molecule has 3 N–H and O–H groups in total. The molecule has 1 amide bonds. The quantitative estimate of drug-likeness (QED) is 0.728. The Morgan fingerprint density at radius 1 is 1.59 bits per heavy atom. The number of ether oxygens (including phenoxy) is 1. The van der Waals surface area contributed by atoms with Crippen LogP contribution in [0.3, 0.4) is 0 Å². The molecular formula is C10H12BrClN2O3. The minimum Gasteiger partial charge on any atom is -0.493 e. The van der Waals surface area contributed by atoms with Gasteiger partial charge in [0.25, 0.3) is 0 Å². The van der Waals surface area contributed by atoms with E-state index in [1.54, 1.807) is 12.1 Å². The molecule has 0 aliphatic heterocycles. The molecule has 5 nitrogen and oxygen atoms in total. The van der Waals surface area contributed by atoms with E-state index in [-0.39, 0.29) is 18.9 Å². The third kappa shape index (κ3) is 4.16. The lowest BCUT2D eigenvalue weighted by atomic mass is 10.2. The van der Waals surface area contributed by atoms with Crippen LogP contribution >= 0.6 is 27.5 Å². The van der Waals surface area contributed by atoms with E-state index in [1.165, 1.54) is 7.11 Å². The molecule has 7 heteroatoms. The van der Waals surface area contributed by atoms with Crippen LogP contribution in [0.4, 0.5) is 5.69 Å². The lowest BCUT2D eigenvalue weighted by Crippen LogP contribution is -2.19. The van der Waals surface area contributed by atoms with Crippen LogP contribution in [0.2, 0.25) is 5.02 Å². The Bertz CT molecular complexity index is 415. The van der Waals surface area contributed by atoms with Crippen molar-refractivity contribution in [2.75, 3.05) is 19.0 Å². The second-order valence-corrected chi connectivity index (χ2v) is 4.47. The number of nitrogens with one attached hydrogen (secondary N) is 2. The fraction of sp³-hybridized carbons (Fsp3) is 0.300. The number of methoxy groups -OCH3 is 1. The van der Waals surface area contributed by atoms with Crippen molar-refractivity contribution >= 4 is 39.1 Å². The number of hydrogen-bond donors (Lipinski definition) is 3. The standard InChI is InChI=1S/C10H12BrClN2O3/c1-17-10-7(11)4-6(12)5-8(10)14-9(15)2-3-13-16/h4-5,13,16H,2-3H2,1H3,(H,14,15). The molecule has 0 heterocycles. The number of anilines is 1. The molecule has 0 spiro atoms. The first-order valence-electron chi connectivity index (χ1n) is 4.78. The number of rotatable bonds is 5. The smallest absolute Gasteiger partial charge is 0.225 e. The van der Waals surface area contributed by atoms with E-state index in [4.69, 9.17) is 21.5 Å². The lowest BCUT2D eigenvalue weighted by Gasteiger charge is -2.12. The van der Waals surface area contributed by atoms with Gasteiger partial charge in [-0.2, -0.15) is 0 Å². The zero-order valence-corrected chi connectivity index (χ0v) is 11.4. The van der Waals surface area contributed by atoms with Gasteiger partial charge in [0.15, 0.2) is 5.75 Å². The lowest BCUT2D eigenvalue weighted by molar-refractivity contribution is -0.116. The molecule has 0 radical (unpaired) electrons. The van der Waals surface area contributed by atoms with Gasteiger partial charge in [-0.1, -0.05) is 11.6 Å². The van der Waals surface area contributed by atoms with Crippen molar-refractivity contribution in [3.8, 4) is 5.75 Å². The zero-order chi connectivity index (χ0) is 12.8. The summed E-state index contributed by atoms with van der Waals surface area (Å²) in [6.45, 7) is 0.176. The van der Waals surface area contributed by atoms with Crippen LogP contribution in [-0.2, 0) is 4.79 Å². The van der Waals surface area contributed by atoms with Crippen LogP contribution in [-0.4, -0.2) is 24.8 Å². The molecule has 0 unspecified atom stereocenters. The van der Waals surface area contributed by atoms with Gasteiger partial charge in [0.2, 0.25) is 5.91 Å². The van der Waals surface area contributed by atoms with Crippen LogP contribution < -0.4 is 15.5 Å². The van der Waals surface area contributed by atoms with Gasteiger partial charge in [0.1, 0.15) is 0 Å². The molecule has 94 valence electrons. The summed E-state index contributed by atoms with van der Waals surface area (Å²) < 4.78 is 5.81. The zero-order valence-electron chi connectivity index (χ0n) is 9.09. The monoisotopic (exact) mass is 322 g/mol. The maximum Gasteiger partial charge on any atom is 0.225 e. The number of hydrogen-bond acceptors (Lipinski definition) is 4. The van der Waals surface area contributed by atoms with Gasteiger partial charge < -0.3 is 15.3 Å². The number of halogens is 2. The molecular weight excluding hydrogens is 311 g/mol. The molecule has 0 aliphatic carbocycles. The second-order valence-electron chi connectivity index (χ2n) is 3.17. The summed E-state index contributed by atoms with van der Waals surface area (Å²) in [6, 6.07) is 3.26. The van der Waals surface area contributed by atoms with Gasteiger partial charge >= 0.3 is 0 Å². The number of hydroxylamine groups is 1. The predicted octanol–water partition coefficient (Wildman–Crippen LogP) is 2.42. The van der Waals surface area contributed by atoms with E-state index in [0.29, 0.717) is 20.9 Å². The first-order chi connectivity index (χ1) is 8.08. The summed E-state index contributed by atoms with van der Waals surface area (Å²) in [4.78, 5) is 11.5. The second kappa shape index (κ2) is 6.80. The normalized spacial score (nSPS) is 10.1. The van der Waals surface area contributed by atoms with Crippen LogP contribution in [0.15, 0.2) is 16.6 Å². The summed E-state index contributed by atoms with van der Waals surface area (Å²) in [5.74, 6) is 0.249. The van der Waals surface area contributed by atoms with E-state index in [1.807, 2.05) is 5.48 Å². The van der Waals surface area contributed by atoms with Gasteiger partial charge in [0.05, 0.1) is 17.3 Å². The number of carbonyl (C=O) groups excluding carboxylic acids is 1. The minimum atomic E-state index is -0.251. The molecule has 1 aromatic rings. The summed E-state index contributed by atoms with van der Waals surface area (Å²) in [7, 11) is 1.50. The van der Waals surface area contributed by atoms with Gasteiger partial charge in [0, 0.05) is 18.0 Å². The molecule has 1 rings (SSSR count). The Hall–Kier alpha value is -0.820. The molecule has 17 heavy (non-hydrogen) atoms. The molecule has 0 atom stereocenters. The van der Waals surface area contributed by atoms with Gasteiger partial charge in [-0.25, -0.2) is 5.48 Å². The molecule has 0 bridgehead atoms. The highest BCUT2D eigenvalue weighted by Gasteiger charge is 2.11. The first-order valence-corrected chi connectivity index (χ1v) is 5.95. The topological polar surface area (TPSA) is 70.6 Å². The third-order valence-corrected chi connectivity index (χ3v) is 2.76. The van der Waals surface area contributed by atoms with Crippen molar-refractivity contribution in [1.29, 1.82) is 0 Å². The van der Waals surface area contributed by atoms with E-state index in [2.05, 4.69) is 21.2 Å². The Morgan fingerprint density at radius 3 is 2.88 bits per heavy atom. The molecule has 0 fully saturated rings. The number of amides is 1. The van der Waals surface area contributed by atoms with E-state index >= 15 is 0 Å². The predicted molar refractivity (Wildman–Crippen MR) is 68.7 cm³/mol. The molecule has 0 saturated carbocycles. The fourth-order valence-corrected chi connectivity index (χ4v) is 2.21. The summed E-state index contributed by atoms with van der Waals surface area (Å²) in [5, 5.41) is 11.5. The molecule has 0 aliphatic rings. The van der Waals surface area contributed by atoms with Crippen molar-refractivity contribution in [2.45, 2.75) is 6.42 Å². The molecule has 0 saturated heterocycles. The highest BCUT2D eigenvalue weighted by molar-refractivity contribution is 9.10. The van der Waals surface area contributed by atoms with Crippen molar-refractivity contribution < 1.29 is 14.7 Å². The van der Waals surface area contributed by atoms with Crippen LogP contribution in [0.5, 0.6) is 5.75 Å². The Balaban J connectivity index is 2.85. The van der Waals surface area contributed by atoms with Crippen molar-refractivity contribution in [2.24, 2.45) is 0 Å². The van der Waals surface area contributed by atoms with Gasteiger partial charge in [-0.05, 0) is 28.1 Å². The van der Waals surface area contributed by atoms with Crippen molar-refractivity contribution in [1.82, 2.24) is 5.48 Å². The largest absolute Gasteiger partial charge is 0.493 e. The first kappa shape index (κ1) is 14.2. The average molecular weight is 324 g/mol. The minimum absolute atomic E-state index is 0.143. The summed E-state index contributed by atoms with van der Waals surface area (Å²) in [6.07, 6.45) is 0.143. The summed E-state index contributed by atoms with van der Waals surface area (Å²) in [5.41, 5.74) is 2.39. The average Bonchev–Trinajstić information content (AvgIpc) is 2.25. The van der Waals surface area contributed by atoms with E-state index < -0.39 is 0 Å². The van der Waals surface area contributed by atoms with Crippen molar-refractivity contribution in [3.05, 3.63) is 21.6 Å². The highest BCUT2D eigenvalue weighted by Crippen LogP contribution is 2.36. The van der Waals surface area contributed by atoms with Crippen LogP contribution in [0, 0.1) is 0 Å². The van der Waals surface area contributed by atoms with Crippen molar-refractivity contribution in [3.63, 3.8) is 0 Å². The third-order valence-electron chi connectivity index (χ3n) is 1.95. The van der Waals surface area contributed by atoms with Crippen LogP contribution in [0.25, 0.3) is 0 Å². The highest BCUT2D eigenvalue weighted by atomic mass is 79.9. The van der Waals surface area contributed by atoms with Gasteiger partial charge in [-0.3, -0.25) is 4.79 Å². The van der Waals surface area contributed by atoms with E-state index in [0.717, 1.165) is 0 Å². The van der Waals surface area contributed by atoms with E-state index in [9.17, 15) is 4.79 Å². The molecule has 0 aromatic heterocycles. The Morgan fingerprint density at radius 2 is 2.29 bits per heavy atom. The Kier molecular flexibility index (Phi) is 5.70. The Labute approximate surface area is 112 Å². The maximum atomic E-state index is 11.5.